The Kier molecular flexibility index (Phi) is 11.5. The van der Waals surface area contributed by atoms with E-state index in [1.54, 1.807) is 24.0 Å². The summed E-state index contributed by atoms with van der Waals surface area (Å²) in [4.78, 5) is 45.3. The van der Waals surface area contributed by atoms with Crippen LogP contribution >= 0.6 is 0 Å². The summed E-state index contributed by atoms with van der Waals surface area (Å²) in [6.45, 7) is 9.15. The van der Waals surface area contributed by atoms with Gasteiger partial charge < -0.3 is 28.9 Å². The van der Waals surface area contributed by atoms with Gasteiger partial charge in [-0.05, 0) is 139 Å². The van der Waals surface area contributed by atoms with Crippen LogP contribution in [0, 0.1) is 18.8 Å². The van der Waals surface area contributed by atoms with E-state index in [4.69, 9.17) is 14.2 Å². The highest BCUT2D eigenvalue weighted by atomic mass is 16.6. The van der Waals surface area contributed by atoms with Crippen molar-refractivity contribution in [2.45, 2.75) is 122 Å². The molecular weight excluding hydrogens is 695 g/mol. The lowest BCUT2D eigenvalue weighted by Gasteiger charge is -2.43. The number of aromatic nitrogens is 2. The van der Waals surface area contributed by atoms with Crippen molar-refractivity contribution in [1.82, 2.24) is 19.6 Å². The first-order valence-corrected chi connectivity index (χ1v) is 20.4. The maximum absolute atomic E-state index is 14.6. The Labute approximate surface area is 326 Å². The summed E-state index contributed by atoms with van der Waals surface area (Å²) in [6.07, 6.45) is 12.4. The van der Waals surface area contributed by atoms with Gasteiger partial charge in [0.1, 0.15) is 17.5 Å². The molecule has 0 atom stereocenters. The maximum Gasteiger partial charge on any atom is 0.410 e. The van der Waals surface area contributed by atoms with E-state index in [-0.39, 0.29) is 30.1 Å². The van der Waals surface area contributed by atoms with Crippen LogP contribution in [-0.2, 0) is 14.3 Å². The molecule has 2 aromatic carbocycles. The molecule has 0 spiro atoms. The summed E-state index contributed by atoms with van der Waals surface area (Å²) in [7, 11) is 3.42. The van der Waals surface area contributed by atoms with E-state index >= 15 is 0 Å². The molecular formula is C44H59N5O6. The highest BCUT2D eigenvalue weighted by molar-refractivity contribution is 5.95. The Morgan fingerprint density at radius 3 is 2.27 bits per heavy atom. The molecule has 1 aromatic heterocycles. The van der Waals surface area contributed by atoms with Gasteiger partial charge >= 0.3 is 12.2 Å². The minimum absolute atomic E-state index is 0.101. The molecule has 4 aliphatic rings. The smallest absolute Gasteiger partial charge is 0.410 e. The lowest BCUT2D eigenvalue weighted by atomic mass is 9.78. The number of rotatable bonds is 10. The lowest BCUT2D eigenvalue weighted by molar-refractivity contribution is -0.124. The number of hydrogen-bond acceptors (Lipinski definition) is 7. The minimum Gasteiger partial charge on any atom is -0.496 e. The first-order chi connectivity index (χ1) is 26.3. The zero-order valence-electron chi connectivity index (χ0n) is 33.5. The summed E-state index contributed by atoms with van der Waals surface area (Å²) in [6, 6.07) is 15.4. The molecule has 11 nitrogen and oxygen atoms in total. The Morgan fingerprint density at radius 2 is 1.62 bits per heavy atom. The van der Waals surface area contributed by atoms with Gasteiger partial charge in [-0.15, -0.1) is 0 Å². The van der Waals surface area contributed by atoms with Crippen LogP contribution in [0.2, 0.25) is 0 Å². The Balaban J connectivity index is 0.974. The molecule has 0 N–H and O–H groups in total. The van der Waals surface area contributed by atoms with E-state index in [2.05, 4.69) is 70.3 Å². The van der Waals surface area contributed by atoms with Crippen molar-refractivity contribution < 1.29 is 28.6 Å². The topological polar surface area (TPSA) is 106 Å². The average Bonchev–Trinajstić information content (AvgIpc) is 3.88. The van der Waals surface area contributed by atoms with E-state index < -0.39 is 11.7 Å². The number of nitrogens with zero attached hydrogens (tertiary/aromatic N) is 5. The van der Waals surface area contributed by atoms with Crippen LogP contribution < -0.4 is 9.64 Å². The van der Waals surface area contributed by atoms with Crippen molar-refractivity contribution >= 4 is 23.8 Å². The fourth-order valence-corrected chi connectivity index (χ4v) is 8.49. The van der Waals surface area contributed by atoms with Crippen LogP contribution in [0.5, 0.6) is 5.75 Å². The van der Waals surface area contributed by atoms with Gasteiger partial charge in [-0.2, -0.15) is 5.10 Å². The van der Waals surface area contributed by atoms with Crippen molar-refractivity contribution in [2.75, 3.05) is 38.7 Å². The average molecular weight is 754 g/mol. The third kappa shape index (κ3) is 9.30. The van der Waals surface area contributed by atoms with Crippen LogP contribution in [0.1, 0.15) is 108 Å². The van der Waals surface area contributed by atoms with E-state index in [1.807, 2.05) is 27.0 Å². The normalized spacial score (nSPS) is 23.1. The lowest BCUT2D eigenvalue weighted by Crippen LogP contribution is -2.62. The minimum atomic E-state index is -0.577. The first-order valence-electron chi connectivity index (χ1n) is 20.4. The highest BCUT2D eigenvalue weighted by Gasteiger charge is 2.40. The second-order valence-corrected chi connectivity index (χ2v) is 17.4. The van der Waals surface area contributed by atoms with Gasteiger partial charge in [0.05, 0.1) is 25.4 Å². The molecule has 1 saturated heterocycles. The molecule has 3 aromatic rings. The quantitative estimate of drug-likeness (QED) is 0.204. The number of carbonyl (C=O) groups excluding carboxylic acids is 3. The molecule has 2 heterocycles. The molecule has 0 bridgehead atoms. The Morgan fingerprint density at radius 1 is 0.891 bits per heavy atom. The summed E-state index contributed by atoms with van der Waals surface area (Å²) < 4.78 is 19.0. The summed E-state index contributed by atoms with van der Waals surface area (Å²) in [5.41, 5.74) is 5.05. The summed E-state index contributed by atoms with van der Waals surface area (Å²) in [5, 5.41) is 4.63. The number of aryl methyl sites for hydroxylation is 1. The van der Waals surface area contributed by atoms with Gasteiger partial charge in [-0.1, -0.05) is 24.3 Å². The zero-order chi connectivity index (χ0) is 38.9. The Bertz CT molecular complexity index is 1830. The fourth-order valence-electron chi connectivity index (χ4n) is 8.49. The van der Waals surface area contributed by atoms with Crippen LogP contribution in [0.15, 0.2) is 54.9 Å². The van der Waals surface area contributed by atoms with Gasteiger partial charge in [0, 0.05) is 50.0 Å². The molecule has 3 amide bonds. The molecule has 3 saturated carbocycles. The second kappa shape index (κ2) is 16.3. The molecule has 4 fully saturated rings. The predicted octanol–water partition coefficient (Wildman–Crippen LogP) is 8.76. The number of carbonyl (C=O) groups is 3. The van der Waals surface area contributed by atoms with Crippen LogP contribution in [0.3, 0.4) is 0 Å². The van der Waals surface area contributed by atoms with Crippen LogP contribution in [-0.4, -0.2) is 89.2 Å². The summed E-state index contributed by atoms with van der Waals surface area (Å²) >= 11 is 0. The van der Waals surface area contributed by atoms with E-state index in [0.29, 0.717) is 63.2 Å². The van der Waals surface area contributed by atoms with Crippen LogP contribution in [0.25, 0.3) is 11.1 Å². The Hall–Kier alpha value is -4.54. The monoisotopic (exact) mass is 753 g/mol. The second-order valence-electron chi connectivity index (χ2n) is 17.4. The van der Waals surface area contributed by atoms with Crippen molar-refractivity contribution in [3.8, 4) is 16.9 Å². The molecule has 11 heteroatoms. The number of amides is 3. The van der Waals surface area contributed by atoms with Gasteiger partial charge in [0.2, 0.25) is 5.91 Å². The van der Waals surface area contributed by atoms with Gasteiger partial charge in [0.15, 0.2) is 0 Å². The molecule has 0 radical (unpaired) electrons. The van der Waals surface area contributed by atoms with Crippen molar-refractivity contribution in [1.29, 1.82) is 0 Å². The molecule has 296 valence electrons. The standard InChI is InChI=1S/C44H59N5O6/c1-29-22-34(16-21-40(29)53-6)31-12-10-30(11-13-31)25-48(37-9-7-8-33(23-37)35-24-45-49(26-35)36-17-18-36)41(50)32-14-19-39(20-15-32)54-43(52)47-27-38(28-47)46(5)42(51)55-44(2,3)4/h7-9,16,21-24,26,30-32,36,38-39H,10-15,17-20,25,27-28H2,1-6H3. The fraction of sp³-hybridized carbons (Fsp3) is 0.591. The number of likely N-dealkylation sites (N-methyl/N-ethyl adjacent to an activating group) is 1. The number of ether oxygens (including phenoxy) is 3. The molecule has 7 rings (SSSR count). The third-order valence-electron chi connectivity index (χ3n) is 12.1. The van der Waals surface area contributed by atoms with Crippen LogP contribution in [0.4, 0.5) is 15.3 Å². The van der Waals surface area contributed by atoms with E-state index in [0.717, 1.165) is 48.2 Å². The molecule has 3 aliphatic carbocycles. The number of hydrogen-bond donors (Lipinski definition) is 0. The third-order valence-corrected chi connectivity index (χ3v) is 12.1. The van der Waals surface area contributed by atoms with Crippen molar-refractivity contribution in [3.05, 3.63) is 66.0 Å². The van der Waals surface area contributed by atoms with Crippen molar-refractivity contribution in [3.63, 3.8) is 0 Å². The molecule has 1 aliphatic heterocycles. The van der Waals surface area contributed by atoms with E-state index in [9.17, 15) is 14.4 Å². The summed E-state index contributed by atoms with van der Waals surface area (Å²) in [5.74, 6) is 1.88. The molecule has 55 heavy (non-hydrogen) atoms. The number of anilines is 1. The highest BCUT2D eigenvalue weighted by Crippen LogP contribution is 2.40. The predicted molar refractivity (Wildman–Crippen MR) is 212 cm³/mol. The van der Waals surface area contributed by atoms with Gasteiger partial charge in [-0.25, -0.2) is 9.59 Å². The van der Waals surface area contributed by atoms with Gasteiger partial charge in [0.25, 0.3) is 0 Å². The maximum atomic E-state index is 14.6. The SMILES string of the molecule is COc1ccc(C2CCC(CN(C(=O)C3CCC(OC(=O)N4CC(N(C)C(=O)OC(C)(C)C)C4)CC3)c3cccc(-c4cnn(C5CC5)c4)c3)CC2)cc1C. The van der Waals surface area contributed by atoms with Gasteiger partial charge in [-0.3, -0.25) is 9.48 Å². The largest absolute Gasteiger partial charge is 0.496 e. The molecule has 0 unspecified atom stereocenters. The number of likely N-dealkylation sites (tertiary alicyclic amines) is 1. The first kappa shape index (κ1) is 38.7. The van der Waals surface area contributed by atoms with Crippen molar-refractivity contribution in [2.24, 2.45) is 11.8 Å². The number of benzene rings is 2. The number of methoxy groups -OCH3 is 1. The van der Waals surface area contributed by atoms with E-state index in [1.165, 1.54) is 24.0 Å². The zero-order valence-corrected chi connectivity index (χ0v) is 33.5.